The molecular formula is C14H25N3O. The van der Waals surface area contributed by atoms with Crippen LogP contribution in [0.15, 0.2) is 18.5 Å². The topological polar surface area (TPSA) is 29.4 Å². The number of nitrogens with zero attached hydrogens (tertiary/aromatic N) is 2. The quantitative estimate of drug-likeness (QED) is 0.860. The molecule has 102 valence electrons. The number of rotatable bonds is 5. The second-order valence-corrected chi connectivity index (χ2v) is 5.04. The fraction of sp³-hybridized carbons (Fsp3) is 0.714. The van der Waals surface area contributed by atoms with Gasteiger partial charge in [-0.1, -0.05) is 6.92 Å². The van der Waals surface area contributed by atoms with Crippen molar-refractivity contribution in [3.05, 3.63) is 24.0 Å². The first-order chi connectivity index (χ1) is 8.72. The molecule has 1 aromatic heterocycles. The molecule has 1 fully saturated rings. The minimum Gasteiger partial charge on any atom is -0.374 e. The molecule has 18 heavy (non-hydrogen) atoms. The largest absolute Gasteiger partial charge is 0.374 e. The van der Waals surface area contributed by atoms with Gasteiger partial charge in [0.15, 0.2) is 0 Å². The summed E-state index contributed by atoms with van der Waals surface area (Å²) in [6, 6.07) is 2.59. The van der Waals surface area contributed by atoms with E-state index in [1.54, 1.807) is 0 Å². The van der Waals surface area contributed by atoms with Crippen LogP contribution in [0.25, 0.3) is 0 Å². The molecule has 1 aliphatic rings. The Bertz CT molecular complexity index is 364. The fourth-order valence-electron chi connectivity index (χ4n) is 2.41. The lowest BCUT2D eigenvalue weighted by Gasteiger charge is -2.32. The molecule has 0 aliphatic carbocycles. The highest BCUT2D eigenvalue weighted by atomic mass is 16.5. The number of aromatic nitrogens is 1. The molecular weight excluding hydrogens is 226 g/mol. The molecule has 2 unspecified atom stereocenters. The van der Waals surface area contributed by atoms with Gasteiger partial charge in [-0.2, -0.15) is 0 Å². The molecule has 0 aromatic carbocycles. The van der Waals surface area contributed by atoms with Crippen LogP contribution < -0.4 is 5.32 Å². The minimum atomic E-state index is 0.323. The zero-order valence-electron chi connectivity index (χ0n) is 11.7. The van der Waals surface area contributed by atoms with Gasteiger partial charge in [0.1, 0.15) is 0 Å². The molecule has 4 heteroatoms. The van der Waals surface area contributed by atoms with Crippen molar-refractivity contribution in [2.24, 2.45) is 0 Å². The summed E-state index contributed by atoms with van der Waals surface area (Å²) in [5.41, 5.74) is 1.33. The molecule has 1 aromatic rings. The summed E-state index contributed by atoms with van der Waals surface area (Å²) in [5, 5.41) is 3.26. The highest BCUT2D eigenvalue weighted by molar-refractivity contribution is 5.14. The van der Waals surface area contributed by atoms with E-state index in [0.717, 1.165) is 32.8 Å². The normalized spacial score (nSPS) is 23.2. The summed E-state index contributed by atoms with van der Waals surface area (Å²) in [7, 11) is 1.99. The van der Waals surface area contributed by atoms with Crippen LogP contribution in [0.1, 0.15) is 25.5 Å². The lowest BCUT2D eigenvalue weighted by atomic mass is 10.2. The van der Waals surface area contributed by atoms with Crippen molar-refractivity contribution >= 4 is 0 Å². The van der Waals surface area contributed by atoms with Crippen molar-refractivity contribution in [1.82, 2.24) is 14.8 Å². The third kappa shape index (κ3) is 3.34. The van der Waals surface area contributed by atoms with E-state index in [-0.39, 0.29) is 0 Å². The Morgan fingerprint density at radius 1 is 1.56 bits per heavy atom. The van der Waals surface area contributed by atoms with E-state index in [1.807, 2.05) is 7.05 Å². The Balaban J connectivity index is 1.90. The van der Waals surface area contributed by atoms with Crippen LogP contribution in [0.3, 0.4) is 0 Å². The van der Waals surface area contributed by atoms with Crippen molar-refractivity contribution in [3.63, 3.8) is 0 Å². The summed E-state index contributed by atoms with van der Waals surface area (Å²) in [6.45, 7) is 9.44. The number of hydrogen-bond donors (Lipinski definition) is 1. The van der Waals surface area contributed by atoms with E-state index in [2.05, 4.69) is 47.1 Å². The van der Waals surface area contributed by atoms with Gasteiger partial charge in [0.05, 0.1) is 12.7 Å². The molecule has 1 N–H and O–H groups in total. The van der Waals surface area contributed by atoms with Crippen molar-refractivity contribution < 1.29 is 4.74 Å². The molecule has 4 nitrogen and oxygen atoms in total. The zero-order chi connectivity index (χ0) is 13.0. The summed E-state index contributed by atoms with van der Waals surface area (Å²) in [6.07, 6.45) is 4.69. The smallest absolute Gasteiger partial charge is 0.0880 e. The van der Waals surface area contributed by atoms with Crippen LogP contribution in [0.2, 0.25) is 0 Å². The van der Waals surface area contributed by atoms with Gasteiger partial charge in [0, 0.05) is 38.1 Å². The average molecular weight is 251 g/mol. The molecule has 1 aliphatic heterocycles. The maximum atomic E-state index is 5.83. The summed E-state index contributed by atoms with van der Waals surface area (Å²) >= 11 is 0. The SMILES string of the molecule is CCN1CCOC(Cn2ccc(C(C)NC)c2)C1. The predicted molar refractivity (Wildman–Crippen MR) is 73.8 cm³/mol. The van der Waals surface area contributed by atoms with Crippen molar-refractivity contribution in [3.8, 4) is 0 Å². The highest BCUT2D eigenvalue weighted by Crippen LogP contribution is 2.14. The van der Waals surface area contributed by atoms with E-state index >= 15 is 0 Å². The second kappa shape index (κ2) is 6.36. The van der Waals surface area contributed by atoms with E-state index < -0.39 is 0 Å². The number of hydrogen-bond acceptors (Lipinski definition) is 3. The van der Waals surface area contributed by atoms with Crippen LogP contribution in [-0.4, -0.2) is 48.9 Å². The number of likely N-dealkylation sites (N-methyl/N-ethyl adjacent to an activating group) is 1. The molecule has 0 bridgehead atoms. The Hall–Kier alpha value is -0.840. The fourth-order valence-corrected chi connectivity index (χ4v) is 2.41. The van der Waals surface area contributed by atoms with E-state index in [9.17, 15) is 0 Å². The predicted octanol–water partition coefficient (Wildman–Crippen LogP) is 1.49. The first-order valence-corrected chi connectivity index (χ1v) is 6.89. The maximum absolute atomic E-state index is 5.83. The average Bonchev–Trinajstić information content (AvgIpc) is 2.86. The monoisotopic (exact) mass is 251 g/mol. The minimum absolute atomic E-state index is 0.323. The first kappa shape index (κ1) is 13.6. The van der Waals surface area contributed by atoms with Crippen LogP contribution >= 0.6 is 0 Å². The van der Waals surface area contributed by atoms with Crippen molar-refractivity contribution in [2.45, 2.75) is 32.5 Å². The molecule has 2 rings (SSSR count). The molecule has 2 atom stereocenters. The van der Waals surface area contributed by atoms with Gasteiger partial charge in [-0.3, -0.25) is 4.90 Å². The maximum Gasteiger partial charge on any atom is 0.0880 e. The third-order valence-electron chi connectivity index (χ3n) is 3.79. The van der Waals surface area contributed by atoms with Gasteiger partial charge in [0.2, 0.25) is 0 Å². The summed E-state index contributed by atoms with van der Waals surface area (Å²) in [5.74, 6) is 0. The number of morpholine rings is 1. The van der Waals surface area contributed by atoms with Crippen LogP contribution in [-0.2, 0) is 11.3 Å². The van der Waals surface area contributed by atoms with Gasteiger partial charge in [-0.25, -0.2) is 0 Å². The van der Waals surface area contributed by atoms with E-state index in [0.29, 0.717) is 12.1 Å². The third-order valence-corrected chi connectivity index (χ3v) is 3.79. The van der Waals surface area contributed by atoms with Crippen LogP contribution in [0.5, 0.6) is 0 Å². The van der Waals surface area contributed by atoms with Gasteiger partial charge in [-0.15, -0.1) is 0 Å². The van der Waals surface area contributed by atoms with E-state index in [1.165, 1.54) is 5.56 Å². The van der Waals surface area contributed by atoms with E-state index in [4.69, 9.17) is 4.74 Å². The van der Waals surface area contributed by atoms with Crippen molar-refractivity contribution in [1.29, 1.82) is 0 Å². The lowest BCUT2D eigenvalue weighted by molar-refractivity contribution is -0.0342. The number of nitrogens with one attached hydrogen (secondary N) is 1. The van der Waals surface area contributed by atoms with Gasteiger partial charge in [0.25, 0.3) is 0 Å². The molecule has 0 amide bonds. The molecule has 0 radical (unpaired) electrons. The number of ether oxygens (including phenoxy) is 1. The Morgan fingerprint density at radius 3 is 3.11 bits per heavy atom. The molecule has 2 heterocycles. The first-order valence-electron chi connectivity index (χ1n) is 6.89. The van der Waals surface area contributed by atoms with Gasteiger partial charge >= 0.3 is 0 Å². The summed E-state index contributed by atoms with van der Waals surface area (Å²) < 4.78 is 8.07. The van der Waals surface area contributed by atoms with Gasteiger partial charge < -0.3 is 14.6 Å². The molecule has 0 saturated carbocycles. The second-order valence-electron chi connectivity index (χ2n) is 5.04. The molecule has 0 spiro atoms. The van der Waals surface area contributed by atoms with Crippen LogP contribution in [0.4, 0.5) is 0 Å². The Kier molecular flexibility index (Phi) is 4.80. The standard InChI is InChI=1S/C14H25N3O/c1-4-16-7-8-18-14(10-16)11-17-6-5-13(9-17)12(2)15-3/h5-6,9,12,14-15H,4,7-8,10-11H2,1-3H3. The zero-order valence-corrected chi connectivity index (χ0v) is 11.7. The Morgan fingerprint density at radius 2 is 2.39 bits per heavy atom. The Labute approximate surface area is 110 Å². The van der Waals surface area contributed by atoms with Crippen molar-refractivity contribution in [2.75, 3.05) is 33.3 Å². The van der Waals surface area contributed by atoms with Gasteiger partial charge in [-0.05, 0) is 32.1 Å². The molecule has 1 saturated heterocycles. The van der Waals surface area contributed by atoms with Crippen LogP contribution in [0, 0.1) is 0 Å². The highest BCUT2D eigenvalue weighted by Gasteiger charge is 2.19. The summed E-state index contributed by atoms with van der Waals surface area (Å²) in [4.78, 5) is 2.45. The lowest BCUT2D eigenvalue weighted by Crippen LogP contribution is -2.43.